The summed E-state index contributed by atoms with van der Waals surface area (Å²) in [4.78, 5) is 20.3. The Balaban J connectivity index is 1.50. The predicted molar refractivity (Wildman–Crippen MR) is 126 cm³/mol. The highest BCUT2D eigenvalue weighted by Crippen LogP contribution is 2.39. The van der Waals surface area contributed by atoms with Gasteiger partial charge in [-0.3, -0.25) is 4.79 Å². The van der Waals surface area contributed by atoms with Crippen molar-refractivity contribution in [3.05, 3.63) is 64.8 Å². The van der Waals surface area contributed by atoms with E-state index in [9.17, 15) is 4.79 Å². The summed E-state index contributed by atoms with van der Waals surface area (Å²) in [6, 6.07) is 13.9. The van der Waals surface area contributed by atoms with Crippen molar-refractivity contribution < 1.29 is 14.3 Å². The van der Waals surface area contributed by atoms with Crippen LogP contribution in [-0.2, 0) is 6.42 Å². The zero-order valence-electron chi connectivity index (χ0n) is 18.5. The molecule has 0 saturated carbocycles. The van der Waals surface area contributed by atoms with Crippen LogP contribution in [0.1, 0.15) is 40.0 Å². The largest absolute Gasteiger partial charge is 0.454 e. The first-order chi connectivity index (χ1) is 15.6. The Morgan fingerprint density at radius 3 is 2.84 bits per heavy atom. The average Bonchev–Trinajstić information content (AvgIpc) is 3.41. The number of pyridine rings is 1. The number of nitrogens with one attached hydrogen (secondary N) is 1. The number of ether oxygens (including phenoxy) is 2. The lowest BCUT2D eigenvalue weighted by molar-refractivity contribution is 0.0953. The molecule has 5 rings (SSSR count). The van der Waals surface area contributed by atoms with E-state index >= 15 is 0 Å². The van der Waals surface area contributed by atoms with Crippen molar-refractivity contribution in [3.63, 3.8) is 0 Å². The Kier molecular flexibility index (Phi) is 5.53. The first-order valence-corrected chi connectivity index (χ1v) is 11.1. The Bertz CT molecular complexity index is 1220. The Morgan fingerprint density at radius 2 is 1.97 bits per heavy atom. The summed E-state index contributed by atoms with van der Waals surface area (Å²) < 4.78 is 10.9. The first kappa shape index (κ1) is 20.5. The van der Waals surface area contributed by atoms with E-state index < -0.39 is 0 Å². The lowest BCUT2D eigenvalue weighted by atomic mass is 10.00. The molecule has 0 bridgehead atoms. The number of carbonyl (C=O) groups is 1. The summed E-state index contributed by atoms with van der Waals surface area (Å²) in [5.74, 6) is 1.53. The molecule has 32 heavy (non-hydrogen) atoms. The molecular formula is C26H27N3O3. The highest BCUT2D eigenvalue weighted by Gasteiger charge is 2.26. The van der Waals surface area contributed by atoms with E-state index in [1.54, 1.807) is 0 Å². The van der Waals surface area contributed by atoms with Crippen LogP contribution in [0.25, 0.3) is 22.6 Å². The van der Waals surface area contributed by atoms with Gasteiger partial charge in [0.25, 0.3) is 5.91 Å². The minimum atomic E-state index is -0.0112. The lowest BCUT2D eigenvalue weighted by Gasteiger charge is -2.14. The number of hydrogen-bond acceptors (Lipinski definition) is 5. The first-order valence-electron chi connectivity index (χ1n) is 11.1. The molecule has 6 nitrogen and oxygen atoms in total. The van der Waals surface area contributed by atoms with Gasteiger partial charge in [-0.1, -0.05) is 24.3 Å². The van der Waals surface area contributed by atoms with Crippen LogP contribution >= 0.6 is 0 Å². The van der Waals surface area contributed by atoms with E-state index in [4.69, 9.17) is 14.5 Å². The van der Waals surface area contributed by atoms with Gasteiger partial charge in [-0.2, -0.15) is 0 Å². The molecule has 1 aromatic heterocycles. The van der Waals surface area contributed by atoms with Crippen LogP contribution in [0, 0.1) is 0 Å². The molecule has 2 aromatic carbocycles. The molecule has 0 spiro atoms. The van der Waals surface area contributed by atoms with Crippen LogP contribution in [0.4, 0.5) is 0 Å². The summed E-state index contributed by atoms with van der Waals surface area (Å²) in [6.45, 7) is 1.86. The van der Waals surface area contributed by atoms with E-state index in [-0.39, 0.29) is 12.7 Å². The van der Waals surface area contributed by atoms with Crippen LogP contribution in [0.5, 0.6) is 11.5 Å². The van der Waals surface area contributed by atoms with Gasteiger partial charge in [0, 0.05) is 11.9 Å². The van der Waals surface area contributed by atoms with Gasteiger partial charge in [-0.15, -0.1) is 0 Å². The van der Waals surface area contributed by atoms with Crippen LogP contribution in [0.15, 0.2) is 42.5 Å². The number of allylic oxidation sites excluding steroid dienone is 1. The standard InChI is InChI=1S/C26H27N3O3/c1-29(2)13-5-12-27-26(30)24-19-6-3-4-7-21(19)28-25-18(9-10-20(24)25)14-17-8-11-22-23(15-17)32-16-31-22/h3-4,6-8,11,14-15H,5,9-10,12-13,16H2,1-2H3,(H,27,30)/b18-14-. The summed E-state index contributed by atoms with van der Waals surface area (Å²) >= 11 is 0. The maximum absolute atomic E-state index is 13.3. The van der Waals surface area contributed by atoms with E-state index in [0.717, 1.165) is 76.2 Å². The molecule has 164 valence electrons. The molecule has 2 heterocycles. The average molecular weight is 430 g/mol. The zero-order valence-corrected chi connectivity index (χ0v) is 18.5. The van der Waals surface area contributed by atoms with Crippen molar-refractivity contribution in [2.75, 3.05) is 34.0 Å². The maximum Gasteiger partial charge on any atom is 0.252 e. The minimum absolute atomic E-state index is 0.0112. The van der Waals surface area contributed by atoms with Crippen molar-refractivity contribution >= 4 is 28.5 Å². The number of benzene rings is 2. The molecule has 1 aliphatic carbocycles. The molecule has 0 atom stereocenters. The smallest absolute Gasteiger partial charge is 0.252 e. The number of nitrogens with zero attached hydrogens (tertiary/aromatic N) is 2. The van der Waals surface area contributed by atoms with Crippen LogP contribution in [-0.4, -0.2) is 49.8 Å². The number of hydrogen-bond donors (Lipinski definition) is 1. The highest BCUT2D eigenvalue weighted by molar-refractivity contribution is 6.09. The number of rotatable bonds is 6. The lowest BCUT2D eigenvalue weighted by Crippen LogP contribution is -2.28. The van der Waals surface area contributed by atoms with Crippen molar-refractivity contribution in [1.82, 2.24) is 15.2 Å². The molecular weight excluding hydrogens is 402 g/mol. The van der Waals surface area contributed by atoms with Crippen molar-refractivity contribution in [3.8, 4) is 11.5 Å². The summed E-state index contributed by atoms with van der Waals surface area (Å²) in [5, 5.41) is 4.04. The zero-order chi connectivity index (χ0) is 22.1. The van der Waals surface area contributed by atoms with Gasteiger partial charge in [-0.25, -0.2) is 4.98 Å². The molecule has 0 radical (unpaired) electrons. The summed E-state index contributed by atoms with van der Waals surface area (Å²) in [5.41, 5.74) is 5.78. The fourth-order valence-electron chi connectivity index (χ4n) is 4.43. The molecule has 1 aliphatic heterocycles. The highest BCUT2D eigenvalue weighted by atomic mass is 16.7. The predicted octanol–water partition coefficient (Wildman–Crippen LogP) is 4.13. The third-order valence-electron chi connectivity index (χ3n) is 5.97. The molecule has 3 aromatic rings. The second kappa shape index (κ2) is 8.63. The van der Waals surface area contributed by atoms with Crippen molar-refractivity contribution in [2.45, 2.75) is 19.3 Å². The minimum Gasteiger partial charge on any atom is -0.454 e. The fraction of sp³-hybridized carbons (Fsp3) is 0.308. The molecule has 1 N–H and O–H groups in total. The Labute approximate surface area is 187 Å². The third kappa shape index (κ3) is 3.94. The van der Waals surface area contributed by atoms with Gasteiger partial charge in [0.1, 0.15) is 0 Å². The third-order valence-corrected chi connectivity index (χ3v) is 5.97. The van der Waals surface area contributed by atoms with Gasteiger partial charge >= 0.3 is 0 Å². The van der Waals surface area contributed by atoms with Gasteiger partial charge < -0.3 is 19.7 Å². The maximum atomic E-state index is 13.3. The van der Waals surface area contributed by atoms with E-state index in [1.165, 1.54) is 0 Å². The molecule has 2 aliphatic rings. The number of aromatic nitrogens is 1. The number of para-hydroxylation sites is 1. The van der Waals surface area contributed by atoms with E-state index in [0.29, 0.717) is 6.54 Å². The van der Waals surface area contributed by atoms with Gasteiger partial charge in [0.05, 0.1) is 16.8 Å². The molecule has 0 unspecified atom stereocenters. The van der Waals surface area contributed by atoms with Crippen molar-refractivity contribution in [2.24, 2.45) is 0 Å². The fourth-order valence-corrected chi connectivity index (χ4v) is 4.43. The van der Waals surface area contributed by atoms with Crippen LogP contribution in [0.3, 0.4) is 0 Å². The molecule has 1 amide bonds. The number of fused-ring (bicyclic) bond motifs is 3. The number of carbonyl (C=O) groups excluding carboxylic acids is 1. The Hall–Kier alpha value is -3.38. The Morgan fingerprint density at radius 1 is 1.12 bits per heavy atom. The van der Waals surface area contributed by atoms with E-state index in [1.807, 2.05) is 56.6 Å². The quantitative estimate of drug-likeness (QED) is 0.597. The van der Waals surface area contributed by atoms with Gasteiger partial charge in [0.2, 0.25) is 6.79 Å². The van der Waals surface area contributed by atoms with Crippen LogP contribution < -0.4 is 14.8 Å². The molecule has 0 fully saturated rings. The number of amides is 1. The van der Waals surface area contributed by atoms with Gasteiger partial charge in [0.15, 0.2) is 11.5 Å². The van der Waals surface area contributed by atoms with Crippen LogP contribution in [0.2, 0.25) is 0 Å². The normalized spacial score (nSPS) is 15.5. The van der Waals surface area contributed by atoms with Crippen molar-refractivity contribution in [1.29, 1.82) is 0 Å². The topological polar surface area (TPSA) is 63.7 Å². The second-order valence-electron chi connectivity index (χ2n) is 8.53. The second-order valence-corrected chi connectivity index (χ2v) is 8.53. The van der Waals surface area contributed by atoms with E-state index in [2.05, 4.69) is 16.3 Å². The monoisotopic (exact) mass is 429 g/mol. The molecule has 0 saturated heterocycles. The summed E-state index contributed by atoms with van der Waals surface area (Å²) in [6.07, 6.45) is 4.73. The molecule has 6 heteroatoms. The van der Waals surface area contributed by atoms with Gasteiger partial charge in [-0.05, 0) is 80.9 Å². The summed E-state index contributed by atoms with van der Waals surface area (Å²) in [7, 11) is 4.08. The SMILES string of the molecule is CN(C)CCCNC(=O)c1c2c(nc3ccccc13)/C(=C\c1ccc3c(c1)OCO3)CC2.